The van der Waals surface area contributed by atoms with Crippen molar-refractivity contribution in [3.05, 3.63) is 0 Å². The van der Waals surface area contributed by atoms with E-state index in [-0.39, 0.29) is 113 Å². The summed E-state index contributed by atoms with van der Waals surface area (Å²) in [4.78, 5) is 0. The van der Waals surface area contributed by atoms with Crippen LogP contribution in [0.4, 0.5) is 0 Å². The average molecular weight is 178 g/mol. The molecular weight excluding hydrogens is 175 g/mol. The van der Waals surface area contributed by atoms with Gasteiger partial charge in [-0.05, 0) is 0 Å². The molecule has 0 saturated heterocycles. The van der Waals surface area contributed by atoms with Gasteiger partial charge in [-0.3, -0.25) is 0 Å². The van der Waals surface area contributed by atoms with Gasteiger partial charge in [0.2, 0.25) is 0 Å². The summed E-state index contributed by atoms with van der Waals surface area (Å²) in [5.74, 6) is 0. The van der Waals surface area contributed by atoms with E-state index in [0.717, 1.165) is 0 Å². The molecule has 0 heterocycles. The van der Waals surface area contributed by atoms with Crippen molar-refractivity contribution >= 4 is 45.5 Å². The molecule has 3 N–H and O–H groups in total. The number of rotatable bonds is 0. The fourth-order valence-electron chi connectivity index (χ4n) is 0. The zero-order valence-corrected chi connectivity index (χ0v) is 9.65. The van der Waals surface area contributed by atoms with E-state index in [1.54, 1.807) is 0 Å². The molecule has 0 bridgehead atoms. The van der Waals surface area contributed by atoms with Gasteiger partial charge in [0.1, 0.15) is 0 Å². The second-order valence-corrected chi connectivity index (χ2v) is 0. The van der Waals surface area contributed by atoms with Gasteiger partial charge in [0.15, 0.2) is 0 Å². The minimum absolute atomic E-state index is 0. The van der Waals surface area contributed by atoms with E-state index in [2.05, 4.69) is 0 Å². The Kier molecular flexibility index (Phi) is 244. The first kappa shape index (κ1) is 43.6. The molecule has 0 aliphatic heterocycles. The van der Waals surface area contributed by atoms with Crippen molar-refractivity contribution in [2.45, 2.75) is 0 Å². The van der Waals surface area contributed by atoms with E-state index in [1.807, 2.05) is 0 Å². The molecule has 3 nitrogen and oxygen atoms in total. The molecule has 0 aromatic heterocycles. The van der Waals surface area contributed by atoms with Gasteiger partial charge in [0, 0.05) is 0 Å². The van der Waals surface area contributed by atoms with Crippen LogP contribution in [-0.2, 0) is 0 Å². The third-order valence-electron chi connectivity index (χ3n) is 0. The molecule has 5 heteroatoms. The van der Waals surface area contributed by atoms with Gasteiger partial charge in [-0.2, -0.15) is 0 Å². The summed E-state index contributed by atoms with van der Waals surface area (Å²) in [5, 5.41) is 0. The van der Waals surface area contributed by atoms with E-state index >= 15 is 0 Å². The van der Waals surface area contributed by atoms with Crippen LogP contribution >= 0.6 is 0 Å². The van der Waals surface area contributed by atoms with E-state index in [9.17, 15) is 0 Å². The molecule has 5 heavy (non-hydrogen) atoms. The molecule has 0 atom stereocenters. The quantitative estimate of drug-likeness (QED) is 0.354. The average Bonchev–Trinajstić information content (AvgIpc) is 0. The Bertz CT molecular complexity index is 6.85. The van der Waals surface area contributed by atoms with Crippen LogP contribution < -0.4 is 51.4 Å². The summed E-state index contributed by atoms with van der Waals surface area (Å²) in [6.45, 7) is 0. The minimum atomic E-state index is 0. The van der Waals surface area contributed by atoms with Gasteiger partial charge >= 0.3 is 96.9 Å². The first-order chi connectivity index (χ1) is 0. The Balaban J connectivity index is 0. The van der Waals surface area contributed by atoms with E-state index < -0.39 is 0 Å². The van der Waals surface area contributed by atoms with E-state index in [0.29, 0.717) is 0 Å². The van der Waals surface area contributed by atoms with Crippen molar-refractivity contribution in [2.75, 3.05) is 0 Å². The van der Waals surface area contributed by atoms with Gasteiger partial charge in [0.25, 0.3) is 0 Å². The largest absolute Gasteiger partial charge is 2.00 e. The van der Waals surface area contributed by atoms with Crippen LogP contribution in [0.2, 0.25) is 0 Å². The third-order valence-corrected chi connectivity index (χ3v) is 0. The van der Waals surface area contributed by atoms with Crippen LogP contribution in [-0.4, -0.2) is 61.9 Å². The van der Waals surface area contributed by atoms with Crippen molar-refractivity contribution in [3.63, 3.8) is 0 Å². The molecule has 0 amide bonds. The van der Waals surface area contributed by atoms with Crippen molar-refractivity contribution in [1.82, 2.24) is 0 Å². The molecule has 0 saturated carbocycles. The summed E-state index contributed by atoms with van der Waals surface area (Å²) in [5.41, 5.74) is 0. The van der Waals surface area contributed by atoms with E-state index in [4.69, 9.17) is 0 Å². The van der Waals surface area contributed by atoms with Crippen molar-refractivity contribution in [1.29, 1.82) is 0 Å². The first-order valence-corrected chi connectivity index (χ1v) is 0. The fraction of sp³-hybridized carbons (Fsp3) is 0. The van der Waals surface area contributed by atoms with Gasteiger partial charge in [-0.15, -0.1) is 0 Å². The summed E-state index contributed by atoms with van der Waals surface area (Å²) < 4.78 is 0. The van der Waals surface area contributed by atoms with Crippen LogP contribution in [0.25, 0.3) is 0 Å². The van der Waals surface area contributed by atoms with Crippen LogP contribution in [0.5, 0.6) is 0 Å². The van der Waals surface area contributed by atoms with Crippen molar-refractivity contribution in [2.24, 2.45) is 0 Å². The Morgan fingerprint density at radius 1 is 0.600 bits per heavy atom. The summed E-state index contributed by atoms with van der Waals surface area (Å²) in [7, 11) is 0. The number of hydrogen-bond acceptors (Lipinski definition) is 3. The van der Waals surface area contributed by atoms with Crippen molar-refractivity contribution < 1.29 is 67.8 Å². The van der Waals surface area contributed by atoms with Crippen LogP contribution in [0.3, 0.4) is 0 Å². The van der Waals surface area contributed by atoms with Crippen LogP contribution in [0.15, 0.2) is 0 Å². The van der Waals surface area contributed by atoms with Gasteiger partial charge < -0.3 is 16.4 Å². The zero-order valence-electron chi connectivity index (χ0n) is 3.05. The standard InChI is InChI=1S/K.3H2O.Sr/h;3*1H2;/q+1;;;;+2/p-3. The molecule has 0 aromatic carbocycles. The molecular formula is H3KO3Sr. The molecule has 0 fully saturated rings. The molecule has 0 aliphatic carbocycles. The van der Waals surface area contributed by atoms with Gasteiger partial charge in [0.05, 0.1) is 0 Å². The molecule has 0 aromatic rings. The molecule has 24 valence electrons. The number of hydrogen-bond donors (Lipinski definition) is 0. The Hall–Kier alpha value is 3.00. The van der Waals surface area contributed by atoms with Gasteiger partial charge in [-0.25, -0.2) is 0 Å². The Morgan fingerprint density at radius 3 is 0.600 bits per heavy atom. The molecule has 0 aliphatic rings. The SMILES string of the molecule is [K+].[OH-].[OH-].[OH-].[Sr+2]. The van der Waals surface area contributed by atoms with Crippen LogP contribution in [0, 0.1) is 0 Å². The minimum Gasteiger partial charge on any atom is -0.870 e. The molecule has 0 rings (SSSR count). The van der Waals surface area contributed by atoms with Crippen molar-refractivity contribution in [3.8, 4) is 0 Å². The monoisotopic (exact) mass is 178 g/mol. The predicted octanol–water partition coefficient (Wildman–Crippen LogP) is -3.91. The first-order valence-electron chi connectivity index (χ1n) is 0. The molecule has 0 radical (unpaired) electrons. The van der Waals surface area contributed by atoms with E-state index in [1.165, 1.54) is 0 Å². The molecule has 0 spiro atoms. The Labute approximate surface area is 110 Å². The topological polar surface area (TPSA) is 90.0 Å². The second kappa shape index (κ2) is 28.0. The summed E-state index contributed by atoms with van der Waals surface area (Å²) >= 11 is 0. The molecule has 0 unspecified atom stereocenters. The summed E-state index contributed by atoms with van der Waals surface area (Å²) in [6, 6.07) is 0. The maximum atomic E-state index is 0. The fourth-order valence-corrected chi connectivity index (χ4v) is 0. The normalized spacial score (nSPS) is 0. The third kappa shape index (κ3) is 19.5. The summed E-state index contributed by atoms with van der Waals surface area (Å²) in [6.07, 6.45) is 0. The maximum absolute atomic E-state index is 0. The smallest absolute Gasteiger partial charge is 0.870 e. The van der Waals surface area contributed by atoms with Crippen LogP contribution in [0.1, 0.15) is 0 Å². The zero-order chi connectivity index (χ0) is 0. The predicted molar refractivity (Wildman–Crippen MR) is 11.6 cm³/mol. The second-order valence-electron chi connectivity index (χ2n) is 0. The van der Waals surface area contributed by atoms with Gasteiger partial charge in [-0.1, -0.05) is 0 Å². The Morgan fingerprint density at radius 2 is 0.600 bits per heavy atom. The maximum Gasteiger partial charge on any atom is 2.00 e.